The number of methoxy groups -OCH3 is 1. The van der Waals surface area contributed by atoms with Crippen molar-refractivity contribution >= 4 is 39.2 Å². The van der Waals surface area contributed by atoms with Gasteiger partial charge in [-0.3, -0.25) is 4.79 Å². The number of hydrogen-bond donors (Lipinski definition) is 0. The molecule has 142 valence electrons. The highest BCUT2D eigenvalue weighted by molar-refractivity contribution is 7.98. The molecule has 0 atom stereocenters. The molecule has 0 fully saturated rings. The summed E-state index contributed by atoms with van der Waals surface area (Å²) in [5.74, 6) is 2.14. The monoisotopic (exact) mass is 402 g/mol. The number of thiazole rings is 1. The molecule has 0 aliphatic heterocycles. The van der Waals surface area contributed by atoms with Crippen LogP contribution in [0.1, 0.15) is 17.3 Å². The number of hydrogen-bond acceptors (Lipinski definition) is 5. The molecule has 3 rings (SSSR count). The maximum Gasteiger partial charge on any atom is 0.279 e. The van der Waals surface area contributed by atoms with Crippen molar-refractivity contribution in [2.24, 2.45) is 4.99 Å². The molecule has 27 heavy (non-hydrogen) atoms. The van der Waals surface area contributed by atoms with Crippen LogP contribution in [0.15, 0.2) is 47.5 Å². The SMILES string of the molecule is CCOc1ccc2c(c1)sc(=NC(=O)c1cccc(OC)c1)n2CCSC. The van der Waals surface area contributed by atoms with Gasteiger partial charge in [-0.25, -0.2) is 0 Å². The molecule has 1 heterocycles. The third kappa shape index (κ3) is 4.54. The van der Waals surface area contributed by atoms with Gasteiger partial charge in [0, 0.05) is 17.9 Å². The Morgan fingerprint density at radius 2 is 2.07 bits per heavy atom. The zero-order valence-corrected chi connectivity index (χ0v) is 17.2. The molecule has 1 amide bonds. The van der Waals surface area contributed by atoms with Crippen molar-refractivity contribution in [1.82, 2.24) is 4.57 Å². The number of rotatable bonds is 7. The van der Waals surface area contributed by atoms with Gasteiger partial charge in [0.15, 0.2) is 4.80 Å². The Hall–Kier alpha value is -2.25. The Kier molecular flexibility index (Phi) is 6.58. The van der Waals surface area contributed by atoms with E-state index < -0.39 is 0 Å². The van der Waals surface area contributed by atoms with Gasteiger partial charge in [-0.15, -0.1) is 0 Å². The zero-order chi connectivity index (χ0) is 19.2. The second kappa shape index (κ2) is 9.10. The number of carbonyl (C=O) groups is 1. The molecule has 5 nitrogen and oxygen atoms in total. The van der Waals surface area contributed by atoms with E-state index in [-0.39, 0.29) is 5.91 Å². The molecule has 0 aliphatic rings. The summed E-state index contributed by atoms with van der Waals surface area (Å²) < 4.78 is 14.0. The van der Waals surface area contributed by atoms with Crippen LogP contribution < -0.4 is 14.3 Å². The van der Waals surface area contributed by atoms with Gasteiger partial charge in [0.25, 0.3) is 5.91 Å². The van der Waals surface area contributed by atoms with E-state index >= 15 is 0 Å². The second-order valence-electron chi connectivity index (χ2n) is 5.74. The molecular formula is C20H22N2O3S2. The minimum atomic E-state index is -0.275. The number of thioether (sulfide) groups is 1. The molecule has 0 N–H and O–H groups in total. The van der Waals surface area contributed by atoms with E-state index in [1.165, 1.54) is 11.3 Å². The first-order valence-electron chi connectivity index (χ1n) is 8.64. The zero-order valence-electron chi connectivity index (χ0n) is 15.6. The summed E-state index contributed by atoms with van der Waals surface area (Å²) in [7, 11) is 1.58. The summed E-state index contributed by atoms with van der Waals surface area (Å²) in [5.41, 5.74) is 1.58. The highest BCUT2D eigenvalue weighted by Gasteiger charge is 2.11. The van der Waals surface area contributed by atoms with E-state index in [1.54, 1.807) is 37.1 Å². The third-order valence-electron chi connectivity index (χ3n) is 4.00. The summed E-state index contributed by atoms with van der Waals surface area (Å²) >= 11 is 3.27. The Morgan fingerprint density at radius 1 is 1.22 bits per heavy atom. The predicted molar refractivity (Wildman–Crippen MR) is 112 cm³/mol. The van der Waals surface area contributed by atoms with Crippen molar-refractivity contribution in [3.05, 3.63) is 52.8 Å². The van der Waals surface area contributed by atoms with Crippen LogP contribution in [-0.2, 0) is 6.54 Å². The van der Waals surface area contributed by atoms with Crippen LogP contribution in [-0.4, -0.2) is 36.2 Å². The van der Waals surface area contributed by atoms with E-state index in [0.717, 1.165) is 28.3 Å². The average Bonchev–Trinajstić information content (AvgIpc) is 3.02. The lowest BCUT2D eigenvalue weighted by Gasteiger charge is -2.05. The normalized spacial score (nSPS) is 11.7. The van der Waals surface area contributed by atoms with Crippen LogP contribution in [0.3, 0.4) is 0 Å². The van der Waals surface area contributed by atoms with Crippen molar-refractivity contribution in [1.29, 1.82) is 0 Å². The maximum atomic E-state index is 12.7. The summed E-state index contributed by atoms with van der Waals surface area (Å²) in [4.78, 5) is 17.8. The van der Waals surface area contributed by atoms with Gasteiger partial charge < -0.3 is 14.0 Å². The van der Waals surface area contributed by atoms with Gasteiger partial charge in [-0.2, -0.15) is 16.8 Å². The van der Waals surface area contributed by atoms with E-state index in [2.05, 4.69) is 15.8 Å². The largest absolute Gasteiger partial charge is 0.497 e. The lowest BCUT2D eigenvalue weighted by atomic mass is 10.2. The number of benzene rings is 2. The number of fused-ring (bicyclic) bond motifs is 1. The fraction of sp³-hybridized carbons (Fsp3) is 0.300. The molecule has 0 spiro atoms. The molecule has 0 saturated heterocycles. The lowest BCUT2D eigenvalue weighted by molar-refractivity contribution is 0.0997. The Morgan fingerprint density at radius 3 is 2.81 bits per heavy atom. The third-order valence-corrected chi connectivity index (χ3v) is 5.63. The van der Waals surface area contributed by atoms with Crippen molar-refractivity contribution in [3.63, 3.8) is 0 Å². The topological polar surface area (TPSA) is 52.8 Å². The molecule has 0 aliphatic carbocycles. The van der Waals surface area contributed by atoms with Gasteiger partial charge in [0.2, 0.25) is 0 Å². The number of ether oxygens (including phenoxy) is 2. The van der Waals surface area contributed by atoms with Crippen LogP contribution in [0.25, 0.3) is 10.2 Å². The minimum absolute atomic E-state index is 0.275. The van der Waals surface area contributed by atoms with Crippen LogP contribution in [0, 0.1) is 0 Å². The van der Waals surface area contributed by atoms with Crippen LogP contribution in [0.2, 0.25) is 0 Å². The predicted octanol–water partition coefficient (Wildman–Crippen LogP) is 4.21. The fourth-order valence-electron chi connectivity index (χ4n) is 2.70. The van der Waals surface area contributed by atoms with Crippen LogP contribution in [0.5, 0.6) is 11.5 Å². The first-order chi connectivity index (χ1) is 13.2. The lowest BCUT2D eigenvalue weighted by Crippen LogP contribution is -2.18. The number of aromatic nitrogens is 1. The van der Waals surface area contributed by atoms with Gasteiger partial charge in [-0.05, 0) is 49.6 Å². The van der Waals surface area contributed by atoms with E-state index in [1.807, 2.05) is 31.2 Å². The van der Waals surface area contributed by atoms with E-state index in [4.69, 9.17) is 9.47 Å². The number of nitrogens with zero attached hydrogens (tertiary/aromatic N) is 2. The molecule has 0 radical (unpaired) electrons. The van der Waals surface area contributed by atoms with Gasteiger partial charge >= 0.3 is 0 Å². The highest BCUT2D eigenvalue weighted by atomic mass is 32.2. The highest BCUT2D eigenvalue weighted by Crippen LogP contribution is 2.24. The van der Waals surface area contributed by atoms with Gasteiger partial charge in [0.05, 0.1) is 23.9 Å². The smallest absolute Gasteiger partial charge is 0.279 e. The maximum absolute atomic E-state index is 12.7. The fourth-order valence-corrected chi connectivity index (χ4v) is 4.15. The molecule has 0 saturated carbocycles. The molecule has 7 heteroatoms. The molecule has 2 aromatic carbocycles. The minimum Gasteiger partial charge on any atom is -0.497 e. The molecule has 0 unspecified atom stereocenters. The summed E-state index contributed by atoms with van der Waals surface area (Å²) in [6, 6.07) is 13.1. The van der Waals surface area contributed by atoms with E-state index in [0.29, 0.717) is 22.7 Å². The number of carbonyl (C=O) groups excluding carboxylic acids is 1. The van der Waals surface area contributed by atoms with Crippen molar-refractivity contribution in [2.45, 2.75) is 13.5 Å². The summed E-state index contributed by atoms with van der Waals surface area (Å²) in [6.07, 6.45) is 2.07. The first kappa shape index (κ1) is 19.5. The molecular weight excluding hydrogens is 380 g/mol. The first-order valence-corrected chi connectivity index (χ1v) is 10.9. The summed E-state index contributed by atoms with van der Waals surface area (Å²) in [5, 5.41) is 0. The Labute approximate surface area is 166 Å². The van der Waals surface area contributed by atoms with Gasteiger partial charge in [0.1, 0.15) is 11.5 Å². The van der Waals surface area contributed by atoms with Crippen molar-refractivity contribution in [3.8, 4) is 11.5 Å². The van der Waals surface area contributed by atoms with E-state index in [9.17, 15) is 4.79 Å². The van der Waals surface area contributed by atoms with Crippen LogP contribution >= 0.6 is 23.1 Å². The number of aryl methyl sites for hydroxylation is 1. The number of amides is 1. The molecule has 0 bridgehead atoms. The molecule has 3 aromatic rings. The summed E-state index contributed by atoms with van der Waals surface area (Å²) in [6.45, 7) is 3.37. The van der Waals surface area contributed by atoms with Crippen LogP contribution in [0.4, 0.5) is 0 Å². The van der Waals surface area contributed by atoms with Gasteiger partial charge in [-0.1, -0.05) is 17.4 Å². The Bertz CT molecular complexity index is 1010. The quantitative estimate of drug-likeness (QED) is 0.594. The Balaban J connectivity index is 2.07. The van der Waals surface area contributed by atoms with Crippen molar-refractivity contribution in [2.75, 3.05) is 25.7 Å². The van der Waals surface area contributed by atoms with Crippen molar-refractivity contribution < 1.29 is 14.3 Å². The second-order valence-corrected chi connectivity index (χ2v) is 7.74. The standard InChI is InChI=1S/C20H22N2O3S2/c1-4-25-16-8-9-17-18(13-16)27-20(22(17)10-11-26-3)21-19(23)14-6-5-7-15(12-14)24-2/h5-9,12-13H,4,10-11H2,1-3H3. The average molecular weight is 403 g/mol. The molecule has 1 aromatic heterocycles.